The van der Waals surface area contributed by atoms with Gasteiger partial charge in [-0.3, -0.25) is 0 Å². The molecule has 1 aromatic carbocycles. The van der Waals surface area contributed by atoms with Crippen LogP contribution in [0.25, 0.3) is 6.08 Å². The zero-order chi connectivity index (χ0) is 18.4. The van der Waals surface area contributed by atoms with Crippen molar-refractivity contribution in [1.82, 2.24) is 5.32 Å². The van der Waals surface area contributed by atoms with E-state index in [1.165, 1.54) is 13.2 Å². The molecule has 0 unspecified atom stereocenters. The minimum absolute atomic E-state index is 0.140. The van der Waals surface area contributed by atoms with Crippen molar-refractivity contribution in [3.05, 3.63) is 35.4 Å². The molecule has 1 N–H and O–H groups in total. The molecular formula is C17H22F3NO3. The predicted molar refractivity (Wildman–Crippen MR) is 85.9 cm³/mol. The zero-order valence-electron chi connectivity index (χ0n) is 14.2. The molecule has 0 spiro atoms. The van der Waals surface area contributed by atoms with Gasteiger partial charge in [0.05, 0.1) is 12.7 Å². The van der Waals surface area contributed by atoms with Gasteiger partial charge in [-0.1, -0.05) is 18.2 Å². The normalized spacial score (nSPS) is 12.3. The highest BCUT2D eigenvalue weighted by Gasteiger charge is 2.31. The Balaban J connectivity index is 2.57. The van der Waals surface area contributed by atoms with Crippen LogP contribution in [0.2, 0.25) is 0 Å². The van der Waals surface area contributed by atoms with E-state index in [1.54, 1.807) is 32.9 Å². The third kappa shape index (κ3) is 6.93. The Bertz CT molecular complexity index is 590. The van der Waals surface area contributed by atoms with Crippen molar-refractivity contribution < 1.29 is 27.4 Å². The van der Waals surface area contributed by atoms with E-state index >= 15 is 0 Å². The van der Waals surface area contributed by atoms with E-state index in [9.17, 15) is 18.0 Å². The number of rotatable bonds is 5. The number of hydrogen-bond acceptors (Lipinski definition) is 3. The summed E-state index contributed by atoms with van der Waals surface area (Å²) in [5, 5.41) is 2.59. The molecule has 0 aliphatic heterocycles. The van der Waals surface area contributed by atoms with Gasteiger partial charge < -0.3 is 14.8 Å². The summed E-state index contributed by atoms with van der Waals surface area (Å²) in [6.45, 7) is 5.66. The van der Waals surface area contributed by atoms with Gasteiger partial charge in [0.1, 0.15) is 11.4 Å². The van der Waals surface area contributed by atoms with Crippen molar-refractivity contribution in [2.24, 2.45) is 0 Å². The van der Waals surface area contributed by atoms with Crippen molar-refractivity contribution in [2.75, 3.05) is 13.7 Å². The lowest BCUT2D eigenvalue weighted by Crippen LogP contribution is -2.32. The maximum absolute atomic E-state index is 12.7. The highest BCUT2D eigenvalue weighted by atomic mass is 19.4. The number of hydrogen-bond donors (Lipinski definition) is 1. The van der Waals surface area contributed by atoms with Crippen molar-refractivity contribution in [2.45, 2.75) is 39.0 Å². The molecule has 1 rings (SSSR count). The van der Waals surface area contributed by atoms with Crippen molar-refractivity contribution >= 4 is 12.2 Å². The van der Waals surface area contributed by atoms with E-state index in [-0.39, 0.29) is 5.75 Å². The van der Waals surface area contributed by atoms with Crippen LogP contribution in [0.5, 0.6) is 5.75 Å². The first-order chi connectivity index (χ1) is 11.0. The summed E-state index contributed by atoms with van der Waals surface area (Å²) in [7, 11) is 1.32. The minimum Gasteiger partial charge on any atom is -0.496 e. The van der Waals surface area contributed by atoms with Gasteiger partial charge in [0.25, 0.3) is 0 Å². The van der Waals surface area contributed by atoms with Gasteiger partial charge in [0.15, 0.2) is 0 Å². The molecule has 24 heavy (non-hydrogen) atoms. The van der Waals surface area contributed by atoms with Crippen LogP contribution in [0.4, 0.5) is 18.0 Å². The van der Waals surface area contributed by atoms with Crippen LogP contribution >= 0.6 is 0 Å². The number of amides is 1. The monoisotopic (exact) mass is 345 g/mol. The molecule has 0 aliphatic carbocycles. The van der Waals surface area contributed by atoms with Gasteiger partial charge in [-0.15, -0.1) is 0 Å². The second-order valence-electron chi connectivity index (χ2n) is 6.07. The highest BCUT2D eigenvalue weighted by molar-refractivity contribution is 5.67. The van der Waals surface area contributed by atoms with Gasteiger partial charge in [0.2, 0.25) is 0 Å². The Morgan fingerprint density at radius 1 is 1.25 bits per heavy atom. The van der Waals surface area contributed by atoms with E-state index in [2.05, 4.69) is 5.32 Å². The Kier molecular flexibility index (Phi) is 6.69. The van der Waals surface area contributed by atoms with Crippen LogP contribution in [-0.2, 0) is 10.9 Å². The molecule has 0 saturated heterocycles. The molecule has 7 heteroatoms. The summed E-state index contributed by atoms with van der Waals surface area (Å²) in [6, 6.07) is 3.30. The molecule has 0 radical (unpaired) electrons. The quantitative estimate of drug-likeness (QED) is 0.791. The Hall–Kier alpha value is -2.18. The summed E-state index contributed by atoms with van der Waals surface area (Å²) in [5.74, 6) is 0.140. The lowest BCUT2D eigenvalue weighted by Gasteiger charge is -2.19. The molecule has 0 fully saturated rings. The summed E-state index contributed by atoms with van der Waals surface area (Å²) in [6.07, 6.45) is -1.03. The summed E-state index contributed by atoms with van der Waals surface area (Å²) in [5.41, 5.74) is -0.793. The lowest BCUT2D eigenvalue weighted by molar-refractivity contribution is -0.137. The topological polar surface area (TPSA) is 47.6 Å². The molecule has 1 amide bonds. The average Bonchev–Trinajstić information content (AvgIpc) is 2.44. The first-order valence-electron chi connectivity index (χ1n) is 7.41. The van der Waals surface area contributed by atoms with E-state index in [4.69, 9.17) is 9.47 Å². The molecule has 0 saturated carbocycles. The first-order valence-corrected chi connectivity index (χ1v) is 7.41. The number of carbonyl (C=O) groups is 1. The Morgan fingerprint density at radius 2 is 1.92 bits per heavy atom. The van der Waals surface area contributed by atoms with Crippen LogP contribution in [0, 0.1) is 0 Å². The molecule has 1 aromatic rings. The molecule has 0 aromatic heterocycles. The van der Waals surface area contributed by atoms with Gasteiger partial charge in [-0.2, -0.15) is 13.2 Å². The van der Waals surface area contributed by atoms with Crippen LogP contribution in [0.3, 0.4) is 0 Å². The fraction of sp³-hybridized carbons (Fsp3) is 0.471. The number of alkyl halides is 3. The SMILES string of the molecule is COc1cc(C(F)(F)F)ccc1C=CCCNC(=O)OC(C)(C)C. The van der Waals surface area contributed by atoms with Crippen molar-refractivity contribution in [1.29, 1.82) is 0 Å². The summed E-state index contributed by atoms with van der Waals surface area (Å²) >= 11 is 0. The van der Waals surface area contributed by atoms with Gasteiger partial charge in [-0.25, -0.2) is 4.79 Å². The molecule has 0 atom stereocenters. The predicted octanol–water partition coefficient (Wildman–Crippen LogP) is 4.64. The third-order valence-corrected chi connectivity index (χ3v) is 2.84. The Morgan fingerprint density at radius 3 is 2.46 bits per heavy atom. The number of nitrogens with one attached hydrogen (secondary N) is 1. The number of ether oxygens (including phenoxy) is 2. The third-order valence-electron chi connectivity index (χ3n) is 2.84. The maximum atomic E-state index is 12.7. The average molecular weight is 345 g/mol. The van der Waals surface area contributed by atoms with Crippen LogP contribution < -0.4 is 10.1 Å². The van der Waals surface area contributed by atoms with Crippen LogP contribution in [0.15, 0.2) is 24.3 Å². The molecule has 134 valence electrons. The van der Waals surface area contributed by atoms with Crippen molar-refractivity contribution in [3.8, 4) is 5.75 Å². The Labute approximate surface area is 139 Å². The zero-order valence-corrected chi connectivity index (χ0v) is 14.2. The fourth-order valence-electron chi connectivity index (χ4n) is 1.81. The molecule has 4 nitrogen and oxygen atoms in total. The number of methoxy groups -OCH3 is 1. The summed E-state index contributed by atoms with van der Waals surface area (Å²) < 4.78 is 48.0. The lowest BCUT2D eigenvalue weighted by atomic mass is 10.1. The van der Waals surface area contributed by atoms with Crippen LogP contribution in [0.1, 0.15) is 38.3 Å². The number of carbonyl (C=O) groups excluding carboxylic acids is 1. The number of alkyl carbamates (subject to hydrolysis) is 1. The highest BCUT2D eigenvalue weighted by Crippen LogP contribution is 2.33. The van der Waals surface area contributed by atoms with E-state index in [0.29, 0.717) is 18.5 Å². The van der Waals surface area contributed by atoms with Gasteiger partial charge >= 0.3 is 12.3 Å². The largest absolute Gasteiger partial charge is 0.496 e. The van der Waals surface area contributed by atoms with Crippen molar-refractivity contribution in [3.63, 3.8) is 0 Å². The van der Waals surface area contributed by atoms with Gasteiger partial charge in [-0.05, 0) is 39.3 Å². The van der Waals surface area contributed by atoms with E-state index in [0.717, 1.165) is 12.1 Å². The van der Waals surface area contributed by atoms with Gasteiger partial charge in [0, 0.05) is 12.1 Å². The van der Waals surface area contributed by atoms with Crippen LogP contribution in [-0.4, -0.2) is 25.3 Å². The van der Waals surface area contributed by atoms with E-state index < -0.39 is 23.4 Å². The fourth-order valence-corrected chi connectivity index (χ4v) is 1.81. The number of halogens is 3. The first kappa shape index (κ1) is 19.9. The standard InChI is InChI=1S/C17H22F3NO3/c1-16(2,3)24-15(22)21-10-6-5-7-12-8-9-13(17(18,19)20)11-14(12)23-4/h5,7-9,11H,6,10H2,1-4H3,(H,21,22). The minimum atomic E-state index is -4.41. The smallest absolute Gasteiger partial charge is 0.416 e. The number of benzene rings is 1. The molecule has 0 aliphatic rings. The van der Waals surface area contributed by atoms with E-state index in [1.807, 2.05) is 0 Å². The molecule has 0 bridgehead atoms. The molecule has 0 heterocycles. The second kappa shape index (κ2) is 8.08. The molecular weight excluding hydrogens is 323 g/mol. The second-order valence-corrected chi connectivity index (χ2v) is 6.07. The summed E-state index contributed by atoms with van der Waals surface area (Å²) in [4.78, 5) is 11.4. The maximum Gasteiger partial charge on any atom is 0.416 e.